The molecule has 6 heteroatoms. The van der Waals surface area contributed by atoms with Gasteiger partial charge >= 0.3 is 0 Å². The van der Waals surface area contributed by atoms with Crippen molar-refractivity contribution in [3.8, 4) is 0 Å². The molecule has 1 aromatic carbocycles. The fraction of sp³-hybridized carbons (Fsp3) is 0.500. The molecule has 1 fully saturated rings. The van der Waals surface area contributed by atoms with E-state index in [0.29, 0.717) is 22.8 Å². The van der Waals surface area contributed by atoms with Crippen LogP contribution in [0.3, 0.4) is 0 Å². The highest BCUT2D eigenvalue weighted by Crippen LogP contribution is 2.31. The van der Waals surface area contributed by atoms with Crippen molar-refractivity contribution in [1.82, 2.24) is 9.55 Å². The average molecular weight is 362 g/mol. The first-order chi connectivity index (χ1) is 9.70. The summed E-state index contributed by atoms with van der Waals surface area (Å²) in [4.78, 5) is 4.62. The van der Waals surface area contributed by atoms with Crippen LogP contribution in [0.25, 0.3) is 11.0 Å². The Morgan fingerprint density at radius 3 is 2.85 bits per heavy atom. The molecule has 0 amide bonds. The van der Waals surface area contributed by atoms with E-state index in [4.69, 9.17) is 16.3 Å². The molecule has 2 heterocycles. The number of nitrogens with zero attached hydrogens (tertiary/aromatic N) is 2. The van der Waals surface area contributed by atoms with E-state index in [9.17, 15) is 4.39 Å². The smallest absolute Gasteiger partial charge is 0.139 e. The second-order valence-electron chi connectivity index (χ2n) is 4.94. The zero-order valence-corrected chi connectivity index (χ0v) is 13.3. The third kappa shape index (κ3) is 2.59. The summed E-state index contributed by atoms with van der Waals surface area (Å²) in [6.45, 7) is 1.48. The summed E-state index contributed by atoms with van der Waals surface area (Å²) < 4.78 is 21.9. The van der Waals surface area contributed by atoms with Gasteiger partial charge in [-0.3, -0.25) is 0 Å². The molecule has 108 valence electrons. The first-order valence-corrected chi connectivity index (χ1v) is 8.03. The molecule has 3 rings (SSSR count). The molecule has 3 nitrogen and oxygen atoms in total. The number of hydrogen-bond donors (Lipinski definition) is 0. The lowest BCUT2D eigenvalue weighted by atomic mass is 10.1. The van der Waals surface area contributed by atoms with Crippen LogP contribution in [0, 0.1) is 5.82 Å². The minimum Gasteiger partial charge on any atom is -0.381 e. The van der Waals surface area contributed by atoms with E-state index >= 15 is 0 Å². The molecule has 0 aliphatic carbocycles. The highest BCUT2D eigenvalue weighted by molar-refractivity contribution is 9.10. The first kappa shape index (κ1) is 14.3. The molecular weight excluding hydrogens is 347 g/mol. The van der Waals surface area contributed by atoms with Crippen molar-refractivity contribution in [3.63, 3.8) is 0 Å². The van der Waals surface area contributed by atoms with Gasteiger partial charge < -0.3 is 9.30 Å². The van der Waals surface area contributed by atoms with Gasteiger partial charge in [-0.2, -0.15) is 0 Å². The predicted octanol–water partition coefficient (Wildman–Crippen LogP) is 4.07. The number of benzene rings is 1. The Labute approximate surface area is 130 Å². The molecule has 0 saturated carbocycles. The number of alkyl halides is 1. The van der Waals surface area contributed by atoms with Gasteiger partial charge in [-0.25, -0.2) is 9.37 Å². The van der Waals surface area contributed by atoms with Crippen LogP contribution in [0.1, 0.15) is 24.7 Å². The van der Waals surface area contributed by atoms with E-state index in [1.54, 1.807) is 12.1 Å². The Hall–Kier alpha value is -0.650. The molecule has 2 aromatic rings. The van der Waals surface area contributed by atoms with Crippen molar-refractivity contribution in [1.29, 1.82) is 0 Å². The van der Waals surface area contributed by atoms with Crippen molar-refractivity contribution in [3.05, 3.63) is 28.2 Å². The fourth-order valence-electron chi connectivity index (χ4n) is 2.75. The summed E-state index contributed by atoms with van der Waals surface area (Å²) in [7, 11) is 0. The molecule has 0 bridgehead atoms. The summed E-state index contributed by atoms with van der Waals surface area (Å²) in [5, 5.41) is 0. The molecular formula is C14H15BrClFN2O. The van der Waals surface area contributed by atoms with Gasteiger partial charge in [-0.15, -0.1) is 11.6 Å². The van der Waals surface area contributed by atoms with Gasteiger partial charge in [0.05, 0.1) is 15.5 Å². The van der Waals surface area contributed by atoms with Gasteiger partial charge in [0, 0.05) is 37.6 Å². The number of fused-ring (bicyclic) bond motifs is 1. The largest absolute Gasteiger partial charge is 0.381 e. The van der Waals surface area contributed by atoms with E-state index in [1.165, 1.54) is 0 Å². The lowest BCUT2D eigenvalue weighted by Crippen LogP contribution is -2.21. The zero-order chi connectivity index (χ0) is 14.1. The lowest BCUT2D eigenvalue weighted by Gasteiger charge is -2.25. The van der Waals surface area contributed by atoms with Gasteiger partial charge in [0.25, 0.3) is 0 Å². The average Bonchev–Trinajstić information content (AvgIpc) is 2.78. The third-order valence-corrected chi connectivity index (χ3v) is 4.48. The SMILES string of the molecule is Fc1cc2c(cc1Br)nc(CCCl)n2C1CCOCC1. The van der Waals surface area contributed by atoms with Crippen LogP contribution in [0.15, 0.2) is 16.6 Å². The normalized spacial score (nSPS) is 16.9. The Bertz CT molecular complexity index is 625. The highest BCUT2D eigenvalue weighted by atomic mass is 79.9. The van der Waals surface area contributed by atoms with Crippen LogP contribution in [-0.2, 0) is 11.2 Å². The van der Waals surface area contributed by atoms with Crippen LogP contribution in [-0.4, -0.2) is 28.6 Å². The molecule has 0 N–H and O–H groups in total. The first-order valence-electron chi connectivity index (χ1n) is 6.70. The number of aromatic nitrogens is 2. The quantitative estimate of drug-likeness (QED) is 0.771. The van der Waals surface area contributed by atoms with Crippen LogP contribution in [0.5, 0.6) is 0 Å². The zero-order valence-electron chi connectivity index (χ0n) is 10.9. The Balaban J connectivity index is 2.14. The maximum atomic E-state index is 13.9. The van der Waals surface area contributed by atoms with Crippen molar-refractivity contribution >= 4 is 38.6 Å². The molecule has 1 aliphatic rings. The summed E-state index contributed by atoms with van der Waals surface area (Å²) in [6, 6.07) is 3.60. The van der Waals surface area contributed by atoms with Crippen molar-refractivity contribution in [2.75, 3.05) is 19.1 Å². The predicted molar refractivity (Wildman–Crippen MR) is 80.9 cm³/mol. The maximum Gasteiger partial charge on any atom is 0.139 e. The second-order valence-corrected chi connectivity index (χ2v) is 6.17. The Kier molecular flexibility index (Phi) is 4.29. The fourth-order valence-corrected chi connectivity index (χ4v) is 3.25. The second kappa shape index (κ2) is 6.00. The molecule has 0 unspecified atom stereocenters. The van der Waals surface area contributed by atoms with E-state index in [2.05, 4.69) is 25.5 Å². The van der Waals surface area contributed by atoms with Crippen molar-refractivity contribution in [2.45, 2.75) is 25.3 Å². The Morgan fingerprint density at radius 2 is 2.15 bits per heavy atom. The Morgan fingerprint density at radius 1 is 1.40 bits per heavy atom. The monoisotopic (exact) mass is 360 g/mol. The highest BCUT2D eigenvalue weighted by Gasteiger charge is 2.22. The summed E-state index contributed by atoms with van der Waals surface area (Å²) >= 11 is 9.09. The summed E-state index contributed by atoms with van der Waals surface area (Å²) in [6.07, 6.45) is 2.55. The number of halogens is 3. The van der Waals surface area contributed by atoms with Gasteiger partial charge in [0.2, 0.25) is 0 Å². The van der Waals surface area contributed by atoms with Gasteiger partial charge in [0.1, 0.15) is 11.6 Å². The van der Waals surface area contributed by atoms with Crippen molar-refractivity contribution in [2.24, 2.45) is 0 Å². The summed E-state index contributed by atoms with van der Waals surface area (Å²) in [5.74, 6) is 1.18. The molecule has 1 aliphatic heterocycles. The van der Waals surface area contributed by atoms with Crippen molar-refractivity contribution < 1.29 is 9.13 Å². The van der Waals surface area contributed by atoms with E-state index in [1.807, 2.05) is 0 Å². The maximum absolute atomic E-state index is 13.9. The molecule has 0 spiro atoms. The van der Waals surface area contributed by atoms with Crippen LogP contribution < -0.4 is 0 Å². The van der Waals surface area contributed by atoms with E-state index in [-0.39, 0.29) is 5.82 Å². The number of rotatable bonds is 3. The van der Waals surface area contributed by atoms with Gasteiger partial charge in [-0.05, 0) is 34.8 Å². The van der Waals surface area contributed by atoms with E-state index in [0.717, 1.165) is 42.9 Å². The number of aryl methyl sites for hydroxylation is 1. The lowest BCUT2D eigenvalue weighted by molar-refractivity contribution is 0.0699. The minimum absolute atomic E-state index is 0.261. The molecule has 1 saturated heterocycles. The van der Waals surface area contributed by atoms with E-state index < -0.39 is 0 Å². The number of ether oxygens (including phenoxy) is 1. The van der Waals surface area contributed by atoms with Crippen LogP contribution in [0.4, 0.5) is 4.39 Å². The minimum atomic E-state index is -0.261. The topological polar surface area (TPSA) is 27.1 Å². The van der Waals surface area contributed by atoms with Gasteiger partial charge in [-0.1, -0.05) is 0 Å². The van der Waals surface area contributed by atoms with Gasteiger partial charge in [0.15, 0.2) is 0 Å². The third-order valence-electron chi connectivity index (χ3n) is 3.68. The molecule has 0 atom stereocenters. The molecule has 1 aromatic heterocycles. The molecule has 20 heavy (non-hydrogen) atoms. The summed E-state index contributed by atoms with van der Waals surface area (Å²) in [5.41, 5.74) is 1.66. The number of imidazole rings is 1. The number of hydrogen-bond acceptors (Lipinski definition) is 2. The molecule has 0 radical (unpaired) electrons. The van der Waals surface area contributed by atoms with Crippen LogP contribution in [0.2, 0.25) is 0 Å². The standard InChI is InChI=1S/C14H15BrClFN2O/c15-10-7-12-13(8-11(10)17)19(14(18-12)1-4-16)9-2-5-20-6-3-9/h7-9H,1-6H2. The van der Waals surface area contributed by atoms with Crippen LogP contribution >= 0.6 is 27.5 Å².